The molecule has 1 rings (SSSR count). The van der Waals surface area contributed by atoms with Gasteiger partial charge in [-0.15, -0.1) is 0 Å². The minimum absolute atomic E-state index is 0.227. The van der Waals surface area contributed by atoms with E-state index >= 15 is 0 Å². The maximum Gasteiger partial charge on any atom is 0.410 e. The largest absolute Gasteiger partial charge is 0.444 e. The summed E-state index contributed by atoms with van der Waals surface area (Å²) in [6.07, 6.45) is 3.28. The molecule has 0 aromatic carbocycles. The van der Waals surface area contributed by atoms with Crippen LogP contribution in [0, 0.1) is 17.2 Å². The molecule has 1 saturated heterocycles. The number of likely N-dealkylation sites (tertiary alicyclic amines) is 1. The van der Waals surface area contributed by atoms with Crippen LogP contribution in [0.4, 0.5) is 4.79 Å². The van der Waals surface area contributed by atoms with Crippen LogP contribution in [0.5, 0.6) is 0 Å². The van der Waals surface area contributed by atoms with Crippen molar-refractivity contribution >= 4 is 6.09 Å². The van der Waals surface area contributed by atoms with Crippen molar-refractivity contribution < 1.29 is 9.53 Å². The third-order valence-corrected chi connectivity index (χ3v) is 2.88. The Balaban J connectivity index is 2.46. The highest BCUT2D eigenvalue weighted by molar-refractivity contribution is 5.68. The molecule has 4 nitrogen and oxygen atoms in total. The molecule has 0 radical (unpaired) electrons. The molecule has 4 heteroatoms. The normalized spacial score (nSPS) is 21.5. The van der Waals surface area contributed by atoms with E-state index in [2.05, 4.69) is 6.07 Å². The minimum atomic E-state index is -0.435. The van der Waals surface area contributed by atoms with Gasteiger partial charge in [-0.05, 0) is 46.0 Å². The molecule has 1 atom stereocenters. The maximum atomic E-state index is 11.9. The van der Waals surface area contributed by atoms with Crippen molar-refractivity contribution in [1.29, 1.82) is 5.26 Å². The van der Waals surface area contributed by atoms with E-state index in [1.54, 1.807) is 4.90 Å². The molecule has 0 spiro atoms. The molecule has 17 heavy (non-hydrogen) atoms. The molecule has 1 aliphatic rings. The van der Waals surface area contributed by atoms with Crippen LogP contribution in [0.3, 0.4) is 0 Å². The van der Waals surface area contributed by atoms with E-state index in [9.17, 15) is 4.79 Å². The molecule has 1 heterocycles. The van der Waals surface area contributed by atoms with E-state index in [0.29, 0.717) is 18.9 Å². The van der Waals surface area contributed by atoms with E-state index in [-0.39, 0.29) is 6.09 Å². The number of hydrogen-bond acceptors (Lipinski definition) is 3. The summed E-state index contributed by atoms with van der Waals surface area (Å²) in [5, 5.41) is 8.68. The van der Waals surface area contributed by atoms with Gasteiger partial charge in [0.15, 0.2) is 0 Å². The quantitative estimate of drug-likeness (QED) is 0.705. The second-order valence-corrected chi connectivity index (χ2v) is 5.63. The number of nitrogens with zero attached hydrogens (tertiary/aromatic N) is 2. The third kappa shape index (κ3) is 5.08. The van der Waals surface area contributed by atoms with E-state index in [4.69, 9.17) is 10.00 Å². The number of nitriles is 1. The van der Waals surface area contributed by atoms with Crippen LogP contribution in [0.15, 0.2) is 0 Å². The van der Waals surface area contributed by atoms with Crippen molar-refractivity contribution in [1.82, 2.24) is 4.90 Å². The first kappa shape index (κ1) is 13.8. The van der Waals surface area contributed by atoms with E-state index in [1.165, 1.54) is 0 Å². The molecule has 0 aromatic rings. The minimum Gasteiger partial charge on any atom is -0.444 e. The number of amides is 1. The highest BCUT2D eigenvalue weighted by atomic mass is 16.6. The first-order valence-electron chi connectivity index (χ1n) is 6.27. The van der Waals surface area contributed by atoms with E-state index in [1.807, 2.05) is 20.8 Å². The van der Waals surface area contributed by atoms with Gasteiger partial charge in [-0.25, -0.2) is 4.79 Å². The summed E-state index contributed by atoms with van der Waals surface area (Å²) in [6, 6.07) is 2.21. The van der Waals surface area contributed by atoms with Gasteiger partial charge in [0.25, 0.3) is 0 Å². The number of rotatable bonds is 1. The molecular formula is C13H22N2O2. The number of hydrogen-bond donors (Lipinski definition) is 0. The van der Waals surface area contributed by atoms with Crippen LogP contribution in [0.1, 0.15) is 46.5 Å². The summed E-state index contributed by atoms with van der Waals surface area (Å²) in [7, 11) is 0. The summed E-state index contributed by atoms with van der Waals surface area (Å²) in [5.74, 6) is 0.437. The molecule has 1 amide bonds. The van der Waals surface area contributed by atoms with Crippen molar-refractivity contribution in [2.45, 2.75) is 52.1 Å². The van der Waals surface area contributed by atoms with Gasteiger partial charge in [0.1, 0.15) is 5.60 Å². The smallest absolute Gasteiger partial charge is 0.410 e. The van der Waals surface area contributed by atoms with Gasteiger partial charge in [-0.1, -0.05) is 0 Å². The topological polar surface area (TPSA) is 53.3 Å². The van der Waals surface area contributed by atoms with Crippen molar-refractivity contribution in [2.24, 2.45) is 5.92 Å². The molecule has 0 N–H and O–H groups in total. The number of carbonyl (C=O) groups excluding carboxylic acids is 1. The third-order valence-electron chi connectivity index (χ3n) is 2.88. The zero-order valence-electron chi connectivity index (χ0n) is 11.0. The molecule has 1 aliphatic heterocycles. The highest BCUT2D eigenvalue weighted by Crippen LogP contribution is 2.21. The van der Waals surface area contributed by atoms with Crippen molar-refractivity contribution in [3.8, 4) is 6.07 Å². The first-order chi connectivity index (χ1) is 7.92. The van der Waals surface area contributed by atoms with Crippen molar-refractivity contribution in [2.75, 3.05) is 13.1 Å². The van der Waals surface area contributed by atoms with Gasteiger partial charge in [-0.2, -0.15) is 5.26 Å². The Bertz CT molecular complexity index is 302. The van der Waals surface area contributed by atoms with Crippen LogP contribution in [-0.2, 0) is 4.74 Å². The number of ether oxygens (including phenoxy) is 1. The lowest BCUT2D eigenvalue weighted by molar-refractivity contribution is 0.0255. The zero-order chi connectivity index (χ0) is 12.9. The summed E-state index contributed by atoms with van der Waals surface area (Å²) in [4.78, 5) is 13.6. The van der Waals surface area contributed by atoms with E-state index < -0.39 is 5.60 Å². The van der Waals surface area contributed by atoms with E-state index in [0.717, 1.165) is 25.8 Å². The van der Waals surface area contributed by atoms with Crippen LogP contribution >= 0.6 is 0 Å². The summed E-state index contributed by atoms with van der Waals surface area (Å²) in [5.41, 5.74) is -0.435. The Hall–Kier alpha value is -1.24. The van der Waals surface area contributed by atoms with Gasteiger partial charge >= 0.3 is 6.09 Å². The van der Waals surface area contributed by atoms with Gasteiger partial charge in [0.2, 0.25) is 0 Å². The molecule has 1 fully saturated rings. The van der Waals surface area contributed by atoms with Crippen LogP contribution in [0.25, 0.3) is 0 Å². The molecule has 1 unspecified atom stereocenters. The predicted octanol–water partition coefficient (Wildman–Crippen LogP) is 2.94. The van der Waals surface area contributed by atoms with Gasteiger partial charge in [-0.3, -0.25) is 0 Å². The molecule has 0 aliphatic carbocycles. The Morgan fingerprint density at radius 2 is 2.12 bits per heavy atom. The lowest BCUT2D eigenvalue weighted by Crippen LogP contribution is -2.37. The van der Waals surface area contributed by atoms with Crippen LogP contribution < -0.4 is 0 Å². The number of carbonyl (C=O) groups is 1. The average molecular weight is 238 g/mol. The lowest BCUT2D eigenvalue weighted by Gasteiger charge is -2.26. The maximum absolute atomic E-state index is 11.9. The SMILES string of the molecule is CC(C)(C)OC(=O)N1CCCC(CC#N)CC1. The van der Waals surface area contributed by atoms with Gasteiger partial charge in [0, 0.05) is 19.5 Å². The van der Waals surface area contributed by atoms with Gasteiger partial charge < -0.3 is 9.64 Å². The summed E-state index contributed by atoms with van der Waals surface area (Å²) >= 11 is 0. The Morgan fingerprint density at radius 3 is 2.71 bits per heavy atom. The monoisotopic (exact) mass is 238 g/mol. The Kier molecular flexibility index (Phi) is 4.80. The first-order valence-corrected chi connectivity index (χ1v) is 6.27. The average Bonchev–Trinajstić information content (AvgIpc) is 2.41. The fourth-order valence-corrected chi connectivity index (χ4v) is 2.01. The Morgan fingerprint density at radius 1 is 1.41 bits per heavy atom. The summed E-state index contributed by atoms with van der Waals surface area (Å²) < 4.78 is 5.35. The van der Waals surface area contributed by atoms with Gasteiger partial charge in [0.05, 0.1) is 6.07 Å². The standard InChI is InChI=1S/C13H22N2O2/c1-13(2,3)17-12(16)15-9-4-5-11(6-8-14)7-10-15/h11H,4-7,9-10H2,1-3H3. The van der Waals surface area contributed by atoms with Crippen LogP contribution in [-0.4, -0.2) is 29.7 Å². The Labute approximate surface area is 104 Å². The van der Waals surface area contributed by atoms with Crippen molar-refractivity contribution in [3.05, 3.63) is 0 Å². The lowest BCUT2D eigenvalue weighted by atomic mass is 9.98. The zero-order valence-corrected chi connectivity index (χ0v) is 11.0. The van der Waals surface area contributed by atoms with Crippen LogP contribution in [0.2, 0.25) is 0 Å². The second kappa shape index (κ2) is 5.90. The molecular weight excluding hydrogens is 216 g/mol. The molecule has 0 saturated carbocycles. The fraction of sp³-hybridized carbons (Fsp3) is 0.846. The summed E-state index contributed by atoms with van der Waals surface area (Å²) in [6.45, 7) is 7.09. The molecule has 0 bridgehead atoms. The van der Waals surface area contributed by atoms with Crippen molar-refractivity contribution in [3.63, 3.8) is 0 Å². The fourth-order valence-electron chi connectivity index (χ4n) is 2.01. The molecule has 96 valence electrons. The predicted molar refractivity (Wildman–Crippen MR) is 65.4 cm³/mol. The highest BCUT2D eigenvalue weighted by Gasteiger charge is 2.24. The second-order valence-electron chi connectivity index (χ2n) is 5.63. The molecule has 0 aromatic heterocycles.